The number of imidazole rings is 1. The molecule has 0 saturated carbocycles. The van der Waals surface area contributed by atoms with Crippen LogP contribution in [0.15, 0.2) is 12.5 Å². The van der Waals surface area contributed by atoms with Gasteiger partial charge in [0.05, 0.1) is 12.0 Å². The number of carbonyl (C=O) groups excluding carboxylic acids is 1. The fourth-order valence-electron chi connectivity index (χ4n) is 1.66. The molecule has 5 nitrogen and oxygen atoms in total. The van der Waals surface area contributed by atoms with E-state index >= 15 is 0 Å². The second-order valence-corrected chi connectivity index (χ2v) is 4.36. The molecule has 0 aliphatic heterocycles. The SMILES string of the molecule is CCCNCc1cncn1CCC(=O)NCCC. The fourth-order valence-corrected chi connectivity index (χ4v) is 1.66. The van der Waals surface area contributed by atoms with Gasteiger partial charge >= 0.3 is 0 Å². The summed E-state index contributed by atoms with van der Waals surface area (Å²) in [5.74, 6) is 0.109. The van der Waals surface area contributed by atoms with Crippen molar-refractivity contribution in [3.63, 3.8) is 0 Å². The van der Waals surface area contributed by atoms with Crippen molar-refractivity contribution in [3.05, 3.63) is 18.2 Å². The van der Waals surface area contributed by atoms with Gasteiger partial charge < -0.3 is 15.2 Å². The minimum atomic E-state index is 0.109. The Morgan fingerprint density at radius 1 is 1.33 bits per heavy atom. The maximum atomic E-state index is 11.5. The Hall–Kier alpha value is -1.36. The van der Waals surface area contributed by atoms with Crippen LogP contribution in [-0.2, 0) is 17.9 Å². The number of hydrogen-bond donors (Lipinski definition) is 2. The number of nitrogens with one attached hydrogen (secondary N) is 2. The van der Waals surface area contributed by atoms with E-state index in [1.807, 2.05) is 17.7 Å². The number of nitrogens with zero attached hydrogens (tertiary/aromatic N) is 2. The lowest BCUT2D eigenvalue weighted by Gasteiger charge is -2.09. The highest BCUT2D eigenvalue weighted by Gasteiger charge is 2.04. The highest BCUT2D eigenvalue weighted by Crippen LogP contribution is 2.00. The van der Waals surface area contributed by atoms with Crippen LogP contribution >= 0.6 is 0 Å². The lowest BCUT2D eigenvalue weighted by Crippen LogP contribution is -2.25. The topological polar surface area (TPSA) is 59.0 Å². The van der Waals surface area contributed by atoms with E-state index in [0.717, 1.165) is 38.2 Å². The summed E-state index contributed by atoms with van der Waals surface area (Å²) >= 11 is 0. The summed E-state index contributed by atoms with van der Waals surface area (Å²) < 4.78 is 2.04. The van der Waals surface area contributed by atoms with E-state index in [-0.39, 0.29) is 5.91 Å². The normalized spacial score (nSPS) is 10.6. The molecule has 0 unspecified atom stereocenters. The molecule has 0 aliphatic carbocycles. The van der Waals surface area contributed by atoms with Crippen molar-refractivity contribution >= 4 is 5.91 Å². The van der Waals surface area contributed by atoms with Crippen molar-refractivity contribution in [3.8, 4) is 0 Å². The Morgan fingerprint density at radius 3 is 2.83 bits per heavy atom. The zero-order valence-electron chi connectivity index (χ0n) is 11.4. The molecular weight excluding hydrogens is 228 g/mol. The molecule has 0 fully saturated rings. The van der Waals surface area contributed by atoms with Gasteiger partial charge in [0.1, 0.15) is 0 Å². The quantitative estimate of drug-likeness (QED) is 0.651. The average molecular weight is 252 g/mol. The van der Waals surface area contributed by atoms with Crippen molar-refractivity contribution in [1.82, 2.24) is 20.2 Å². The third kappa shape index (κ3) is 5.31. The number of carbonyl (C=O) groups is 1. The van der Waals surface area contributed by atoms with Crippen LogP contribution in [0.5, 0.6) is 0 Å². The lowest BCUT2D eigenvalue weighted by molar-refractivity contribution is -0.121. The van der Waals surface area contributed by atoms with Gasteiger partial charge in [0.2, 0.25) is 5.91 Å². The minimum absolute atomic E-state index is 0.109. The minimum Gasteiger partial charge on any atom is -0.356 e. The van der Waals surface area contributed by atoms with Crippen LogP contribution < -0.4 is 10.6 Å². The summed E-state index contributed by atoms with van der Waals surface area (Å²) in [5, 5.41) is 6.22. The van der Waals surface area contributed by atoms with Gasteiger partial charge in [0.15, 0.2) is 0 Å². The molecule has 0 aliphatic rings. The third-order valence-corrected chi connectivity index (χ3v) is 2.68. The maximum absolute atomic E-state index is 11.5. The molecular formula is C13H24N4O. The molecule has 102 valence electrons. The molecule has 0 spiro atoms. The van der Waals surface area contributed by atoms with Gasteiger partial charge in [-0.3, -0.25) is 4.79 Å². The molecule has 5 heteroatoms. The Kier molecular flexibility index (Phi) is 7.10. The molecule has 1 heterocycles. The van der Waals surface area contributed by atoms with Crippen LogP contribution in [0.3, 0.4) is 0 Å². The summed E-state index contributed by atoms with van der Waals surface area (Å²) in [6, 6.07) is 0. The van der Waals surface area contributed by atoms with Crippen LogP contribution in [0.25, 0.3) is 0 Å². The van der Waals surface area contributed by atoms with Crippen molar-refractivity contribution in [2.75, 3.05) is 13.1 Å². The van der Waals surface area contributed by atoms with Crippen molar-refractivity contribution in [1.29, 1.82) is 0 Å². The fraction of sp³-hybridized carbons (Fsp3) is 0.692. The molecule has 2 N–H and O–H groups in total. The van der Waals surface area contributed by atoms with Crippen molar-refractivity contribution in [2.24, 2.45) is 0 Å². The Bertz CT molecular complexity index is 349. The van der Waals surface area contributed by atoms with E-state index in [9.17, 15) is 4.79 Å². The van der Waals surface area contributed by atoms with E-state index in [4.69, 9.17) is 0 Å². The second-order valence-electron chi connectivity index (χ2n) is 4.36. The largest absolute Gasteiger partial charge is 0.356 e. The van der Waals surface area contributed by atoms with Gasteiger partial charge in [-0.25, -0.2) is 4.98 Å². The monoisotopic (exact) mass is 252 g/mol. The van der Waals surface area contributed by atoms with E-state index < -0.39 is 0 Å². The zero-order chi connectivity index (χ0) is 13.2. The van der Waals surface area contributed by atoms with E-state index in [0.29, 0.717) is 13.0 Å². The standard InChI is InChI=1S/C13H24N4O/c1-3-6-14-9-12-10-15-11-17(12)8-5-13(18)16-7-4-2/h10-11,14H,3-9H2,1-2H3,(H,16,18). The first-order valence-electron chi connectivity index (χ1n) is 6.74. The lowest BCUT2D eigenvalue weighted by atomic mass is 10.3. The van der Waals surface area contributed by atoms with E-state index in [1.54, 1.807) is 6.33 Å². The first-order chi connectivity index (χ1) is 8.77. The molecule has 1 aromatic heterocycles. The zero-order valence-corrected chi connectivity index (χ0v) is 11.4. The first-order valence-corrected chi connectivity index (χ1v) is 6.74. The number of amides is 1. The Balaban J connectivity index is 2.33. The van der Waals surface area contributed by atoms with Gasteiger partial charge in [-0.15, -0.1) is 0 Å². The summed E-state index contributed by atoms with van der Waals surface area (Å²) in [6.45, 7) is 7.45. The molecule has 1 rings (SSSR count). The van der Waals surface area contributed by atoms with Crippen LogP contribution in [-0.4, -0.2) is 28.5 Å². The number of hydrogen-bond acceptors (Lipinski definition) is 3. The molecule has 18 heavy (non-hydrogen) atoms. The Labute approximate surface area is 109 Å². The molecule has 0 bridgehead atoms. The molecule has 0 aromatic carbocycles. The molecule has 0 radical (unpaired) electrons. The number of rotatable bonds is 9. The smallest absolute Gasteiger partial charge is 0.221 e. The molecule has 0 atom stereocenters. The van der Waals surface area contributed by atoms with Gasteiger partial charge in [0, 0.05) is 32.3 Å². The van der Waals surface area contributed by atoms with Gasteiger partial charge in [-0.1, -0.05) is 13.8 Å². The third-order valence-electron chi connectivity index (χ3n) is 2.68. The summed E-state index contributed by atoms with van der Waals surface area (Å²) in [5.41, 5.74) is 1.13. The molecule has 1 aromatic rings. The summed E-state index contributed by atoms with van der Waals surface area (Å²) in [7, 11) is 0. The van der Waals surface area contributed by atoms with Crippen LogP contribution in [0.1, 0.15) is 38.8 Å². The number of aryl methyl sites for hydroxylation is 1. The summed E-state index contributed by atoms with van der Waals surface area (Å²) in [4.78, 5) is 15.6. The van der Waals surface area contributed by atoms with Gasteiger partial charge in [-0.2, -0.15) is 0 Å². The first kappa shape index (κ1) is 14.7. The van der Waals surface area contributed by atoms with Crippen molar-refractivity contribution in [2.45, 2.75) is 46.2 Å². The van der Waals surface area contributed by atoms with Crippen LogP contribution in [0, 0.1) is 0 Å². The van der Waals surface area contributed by atoms with Crippen molar-refractivity contribution < 1.29 is 4.79 Å². The van der Waals surface area contributed by atoms with Crippen LogP contribution in [0.4, 0.5) is 0 Å². The highest BCUT2D eigenvalue weighted by atomic mass is 16.1. The Morgan fingerprint density at radius 2 is 2.11 bits per heavy atom. The van der Waals surface area contributed by atoms with Crippen LogP contribution in [0.2, 0.25) is 0 Å². The number of aromatic nitrogens is 2. The van der Waals surface area contributed by atoms with E-state index in [1.165, 1.54) is 0 Å². The average Bonchev–Trinajstić information content (AvgIpc) is 2.82. The second kappa shape index (κ2) is 8.69. The van der Waals surface area contributed by atoms with Gasteiger partial charge in [-0.05, 0) is 19.4 Å². The summed E-state index contributed by atoms with van der Waals surface area (Å²) in [6.07, 6.45) is 6.25. The maximum Gasteiger partial charge on any atom is 0.221 e. The molecule has 1 amide bonds. The van der Waals surface area contributed by atoms with Gasteiger partial charge in [0.25, 0.3) is 0 Å². The molecule has 0 saturated heterocycles. The predicted octanol–water partition coefficient (Wildman–Crippen LogP) is 1.30. The van der Waals surface area contributed by atoms with E-state index in [2.05, 4.69) is 22.5 Å². The highest BCUT2D eigenvalue weighted by molar-refractivity contribution is 5.75. The predicted molar refractivity (Wildman–Crippen MR) is 72.1 cm³/mol.